The van der Waals surface area contributed by atoms with Crippen LogP contribution in [0.3, 0.4) is 0 Å². The Morgan fingerprint density at radius 1 is 1.38 bits per heavy atom. The van der Waals surface area contributed by atoms with Gasteiger partial charge >= 0.3 is 12.0 Å². The van der Waals surface area contributed by atoms with E-state index in [2.05, 4.69) is 5.32 Å². The fourth-order valence-corrected chi connectivity index (χ4v) is 2.64. The zero-order valence-electron chi connectivity index (χ0n) is 13.2. The van der Waals surface area contributed by atoms with Crippen LogP contribution in [0.4, 0.5) is 4.79 Å². The third-order valence-electron chi connectivity index (χ3n) is 4.06. The maximum atomic E-state index is 12.2. The molecule has 21 heavy (non-hydrogen) atoms. The number of carboxylic acids is 1. The highest BCUT2D eigenvalue weighted by Crippen LogP contribution is 2.35. The van der Waals surface area contributed by atoms with Crippen LogP contribution in [0, 0.1) is 5.41 Å². The molecule has 0 aromatic heterocycles. The molecule has 3 amide bonds. The number of likely N-dealkylation sites (N-methyl/N-ethyl adjacent to an activating group) is 1. The van der Waals surface area contributed by atoms with Gasteiger partial charge in [0.25, 0.3) is 0 Å². The van der Waals surface area contributed by atoms with Crippen molar-refractivity contribution in [1.82, 2.24) is 15.1 Å². The van der Waals surface area contributed by atoms with Crippen molar-refractivity contribution < 1.29 is 19.5 Å². The number of nitrogens with one attached hydrogen (secondary N) is 1. The van der Waals surface area contributed by atoms with Crippen molar-refractivity contribution in [1.29, 1.82) is 0 Å². The van der Waals surface area contributed by atoms with Crippen LogP contribution < -0.4 is 5.32 Å². The Morgan fingerprint density at radius 3 is 2.52 bits per heavy atom. The first-order chi connectivity index (χ1) is 9.70. The lowest BCUT2D eigenvalue weighted by atomic mass is 9.76. The predicted molar refractivity (Wildman–Crippen MR) is 77.9 cm³/mol. The van der Waals surface area contributed by atoms with Gasteiger partial charge in [-0.2, -0.15) is 0 Å². The molecule has 0 bridgehead atoms. The Kier molecular flexibility index (Phi) is 5.57. The molecule has 1 aliphatic heterocycles. The summed E-state index contributed by atoms with van der Waals surface area (Å²) >= 11 is 0. The van der Waals surface area contributed by atoms with Crippen molar-refractivity contribution in [3.05, 3.63) is 0 Å². The molecule has 0 saturated carbocycles. The summed E-state index contributed by atoms with van der Waals surface area (Å²) in [5.41, 5.74) is -0.481. The number of nitrogens with zero attached hydrogens (tertiary/aromatic N) is 2. The predicted octanol–water partition coefficient (Wildman–Crippen LogP) is 0.750. The van der Waals surface area contributed by atoms with Crippen molar-refractivity contribution in [2.24, 2.45) is 5.41 Å². The number of hydrogen-bond donors (Lipinski definition) is 2. The molecule has 1 unspecified atom stereocenters. The Hall–Kier alpha value is -1.79. The number of carbonyl (C=O) groups is 3. The summed E-state index contributed by atoms with van der Waals surface area (Å²) in [7, 11) is 1.65. The number of hydrogen-bond acceptors (Lipinski definition) is 3. The summed E-state index contributed by atoms with van der Waals surface area (Å²) in [6.07, 6.45) is 1.51. The van der Waals surface area contributed by atoms with E-state index in [1.54, 1.807) is 7.05 Å². The Bertz CT molecular complexity index is 422. The Labute approximate surface area is 125 Å². The van der Waals surface area contributed by atoms with Crippen molar-refractivity contribution in [3.63, 3.8) is 0 Å². The van der Waals surface area contributed by atoms with Crippen LogP contribution in [0.5, 0.6) is 0 Å². The minimum absolute atomic E-state index is 0.119. The van der Waals surface area contributed by atoms with Crippen LogP contribution in [0.25, 0.3) is 0 Å². The fraction of sp³-hybridized carbons (Fsp3) is 0.786. The SMILES string of the molecule is CCN(C)C(=O)CNC(=O)N1CCCC(C)(C)C1C(=O)O. The van der Waals surface area contributed by atoms with Gasteiger partial charge in [0, 0.05) is 20.1 Å². The van der Waals surface area contributed by atoms with Gasteiger partial charge < -0.3 is 20.2 Å². The highest BCUT2D eigenvalue weighted by molar-refractivity contribution is 5.87. The molecule has 1 saturated heterocycles. The average molecular weight is 299 g/mol. The number of amides is 3. The molecule has 2 N–H and O–H groups in total. The molecule has 0 spiro atoms. The Balaban J connectivity index is 2.71. The molecule has 0 aromatic carbocycles. The number of rotatable bonds is 4. The molecule has 0 radical (unpaired) electrons. The summed E-state index contributed by atoms with van der Waals surface area (Å²) in [6, 6.07) is -1.36. The van der Waals surface area contributed by atoms with Gasteiger partial charge in [-0.15, -0.1) is 0 Å². The monoisotopic (exact) mass is 299 g/mol. The molecule has 1 rings (SSSR count). The summed E-state index contributed by atoms with van der Waals surface area (Å²) in [4.78, 5) is 38.2. The lowest BCUT2D eigenvalue weighted by Gasteiger charge is -2.43. The van der Waals surface area contributed by atoms with Gasteiger partial charge in [-0.1, -0.05) is 13.8 Å². The third kappa shape index (κ3) is 4.09. The van der Waals surface area contributed by atoms with Crippen LogP contribution in [0.15, 0.2) is 0 Å². The lowest BCUT2D eigenvalue weighted by Crippen LogP contribution is -2.59. The topological polar surface area (TPSA) is 90.0 Å². The van der Waals surface area contributed by atoms with Crippen LogP contribution >= 0.6 is 0 Å². The number of carboxylic acid groups (broad SMARTS) is 1. The largest absolute Gasteiger partial charge is 0.480 e. The molecule has 0 aromatic rings. The van der Waals surface area contributed by atoms with E-state index in [4.69, 9.17) is 0 Å². The first kappa shape index (κ1) is 17.3. The fourth-order valence-electron chi connectivity index (χ4n) is 2.64. The second-order valence-electron chi connectivity index (χ2n) is 6.09. The van der Waals surface area contributed by atoms with Crippen LogP contribution in [0.1, 0.15) is 33.6 Å². The van der Waals surface area contributed by atoms with Crippen molar-refractivity contribution in [2.75, 3.05) is 26.7 Å². The number of urea groups is 1. The number of carbonyl (C=O) groups excluding carboxylic acids is 2. The van der Waals surface area contributed by atoms with Crippen molar-refractivity contribution in [2.45, 2.75) is 39.7 Å². The number of likely N-dealkylation sites (tertiary alicyclic amines) is 1. The lowest BCUT2D eigenvalue weighted by molar-refractivity contribution is -0.148. The molecule has 0 aliphatic carbocycles. The minimum atomic E-state index is -1.01. The molecular weight excluding hydrogens is 274 g/mol. The molecule has 1 fully saturated rings. The first-order valence-corrected chi connectivity index (χ1v) is 7.22. The average Bonchev–Trinajstić information content (AvgIpc) is 2.41. The van der Waals surface area contributed by atoms with Gasteiger partial charge in [-0.05, 0) is 25.2 Å². The van der Waals surface area contributed by atoms with E-state index >= 15 is 0 Å². The van der Waals surface area contributed by atoms with E-state index in [1.807, 2.05) is 20.8 Å². The third-order valence-corrected chi connectivity index (χ3v) is 4.06. The quantitative estimate of drug-likeness (QED) is 0.801. The molecule has 1 aliphatic rings. The van der Waals surface area contributed by atoms with Crippen molar-refractivity contribution in [3.8, 4) is 0 Å². The van der Waals surface area contributed by atoms with E-state index in [9.17, 15) is 19.5 Å². The van der Waals surface area contributed by atoms with Gasteiger partial charge in [-0.25, -0.2) is 9.59 Å². The zero-order valence-corrected chi connectivity index (χ0v) is 13.2. The molecular formula is C14H25N3O4. The summed E-state index contributed by atoms with van der Waals surface area (Å²) in [5, 5.41) is 11.9. The van der Waals surface area contributed by atoms with Crippen LogP contribution in [-0.4, -0.2) is 65.5 Å². The van der Waals surface area contributed by atoms with E-state index in [0.717, 1.165) is 12.8 Å². The highest BCUT2D eigenvalue weighted by Gasteiger charge is 2.44. The van der Waals surface area contributed by atoms with Gasteiger partial charge in [0.15, 0.2) is 0 Å². The molecule has 120 valence electrons. The summed E-state index contributed by atoms with van der Waals surface area (Å²) in [5.74, 6) is -1.21. The van der Waals surface area contributed by atoms with E-state index in [1.165, 1.54) is 9.80 Å². The van der Waals surface area contributed by atoms with Crippen molar-refractivity contribution >= 4 is 17.9 Å². The van der Waals surface area contributed by atoms with Gasteiger partial charge in [-0.3, -0.25) is 4.79 Å². The van der Waals surface area contributed by atoms with Crippen LogP contribution in [0.2, 0.25) is 0 Å². The Morgan fingerprint density at radius 2 is 2.00 bits per heavy atom. The standard InChI is InChI=1S/C14H25N3O4/c1-5-16(4)10(18)9-15-13(21)17-8-6-7-14(2,3)11(17)12(19)20/h11H,5-9H2,1-4H3,(H,15,21)(H,19,20). The smallest absolute Gasteiger partial charge is 0.327 e. The number of piperidine rings is 1. The molecule has 7 nitrogen and oxygen atoms in total. The minimum Gasteiger partial charge on any atom is -0.480 e. The maximum Gasteiger partial charge on any atom is 0.327 e. The van der Waals surface area contributed by atoms with E-state index in [0.29, 0.717) is 13.1 Å². The maximum absolute atomic E-state index is 12.2. The molecule has 1 heterocycles. The number of aliphatic carboxylic acids is 1. The van der Waals surface area contributed by atoms with E-state index < -0.39 is 23.5 Å². The second kappa shape index (κ2) is 6.78. The first-order valence-electron chi connectivity index (χ1n) is 7.22. The zero-order chi connectivity index (χ0) is 16.2. The molecule has 7 heteroatoms. The summed E-state index contributed by atoms with van der Waals surface area (Å²) < 4.78 is 0. The van der Waals surface area contributed by atoms with Gasteiger partial charge in [0.05, 0.1) is 6.54 Å². The normalized spacial score (nSPS) is 20.8. The van der Waals surface area contributed by atoms with E-state index in [-0.39, 0.29) is 12.5 Å². The van der Waals surface area contributed by atoms with Gasteiger partial charge in [0.2, 0.25) is 5.91 Å². The summed E-state index contributed by atoms with van der Waals surface area (Å²) in [6.45, 7) is 6.37. The van der Waals surface area contributed by atoms with Crippen LogP contribution in [-0.2, 0) is 9.59 Å². The van der Waals surface area contributed by atoms with Gasteiger partial charge in [0.1, 0.15) is 6.04 Å². The molecule has 1 atom stereocenters. The highest BCUT2D eigenvalue weighted by atomic mass is 16.4. The second-order valence-corrected chi connectivity index (χ2v) is 6.09.